The van der Waals surface area contributed by atoms with Crippen LogP contribution in [0.5, 0.6) is 0 Å². The molecule has 0 unspecified atom stereocenters. The van der Waals surface area contributed by atoms with Crippen LogP contribution in [0.4, 0.5) is 10.2 Å². The van der Waals surface area contributed by atoms with E-state index in [1.165, 1.54) is 10.7 Å². The summed E-state index contributed by atoms with van der Waals surface area (Å²) >= 11 is 0. The van der Waals surface area contributed by atoms with Crippen LogP contribution in [0.15, 0.2) is 36.5 Å². The summed E-state index contributed by atoms with van der Waals surface area (Å²) in [5.41, 5.74) is 2.59. The van der Waals surface area contributed by atoms with Gasteiger partial charge in [0.05, 0.1) is 0 Å². The lowest BCUT2D eigenvalue weighted by molar-refractivity contribution is 0.629. The van der Waals surface area contributed by atoms with Crippen molar-refractivity contribution in [2.45, 2.75) is 6.42 Å². The molecule has 0 saturated carbocycles. The van der Waals surface area contributed by atoms with E-state index in [0.29, 0.717) is 18.0 Å². The fourth-order valence-corrected chi connectivity index (χ4v) is 2.43. The Bertz CT molecular complexity index is 943. The molecule has 0 aliphatic rings. The number of anilines is 1. The van der Waals surface area contributed by atoms with Crippen molar-refractivity contribution in [3.05, 3.63) is 47.9 Å². The number of rotatable bonds is 4. The number of tetrazole rings is 1. The molecule has 2 N–H and O–H groups in total. The lowest BCUT2D eigenvalue weighted by Gasteiger charge is -2.04. The smallest absolute Gasteiger partial charge is 0.200 e. The van der Waals surface area contributed by atoms with Crippen LogP contribution in [0, 0.1) is 5.82 Å². The monoisotopic (exact) mass is 297 g/mol. The van der Waals surface area contributed by atoms with E-state index in [-0.39, 0.29) is 5.82 Å². The van der Waals surface area contributed by atoms with E-state index in [1.54, 1.807) is 18.2 Å². The molecule has 8 heteroatoms. The largest absolute Gasteiger partial charge is 0.368 e. The fourth-order valence-electron chi connectivity index (χ4n) is 2.43. The molecule has 0 fully saturated rings. The van der Waals surface area contributed by atoms with Gasteiger partial charge in [-0.15, -0.1) is 14.8 Å². The Morgan fingerprint density at radius 3 is 3.14 bits per heavy atom. The Morgan fingerprint density at radius 1 is 1.23 bits per heavy atom. The van der Waals surface area contributed by atoms with E-state index >= 15 is 0 Å². The van der Waals surface area contributed by atoms with Gasteiger partial charge in [0.25, 0.3) is 0 Å². The second kappa shape index (κ2) is 5.06. The van der Waals surface area contributed by atoms with Crippen LogP contribution in [0.25, 0.3) is 16.6 Å². The van der Waals surface area contributed by atoms with Crippen molar-refractivity contribution in [3.63, 3.8) is 0 Å². The van der Waals surface area contributed by atoms with Crippen molar-refractivity contribution in [1.82, 2.24) is 30.2 Å². The minimum atomic E-state index is -0.230. The van der Waals surface area contributed by atoms with Crippen LogP contribution in [-0.4, -0.2) is 36.8 Å². The van der Waals surface area contributed by atoms with Crippen LogP contribution < -0.4 is 5.32 Å². The normalized spacial score (nSPS) is 11.3. The van der Waals surface area contributed by atoms with Gasteiger partial charge in [0, 0.05) is 23.6 Å². The maximum absolute atomic E-state index is 13.3. The van der Waals surface area contributed by atoms with Gasteiger partial charge in [0.15, 0.2) is 5.65 Å². The highest BCUT2D eigenvalue weighted by molar-refractivity contribution is 5.83. The first kappa shape index (κ1) is 12.7. The molecule has 0 aliphatic heterocycles. The fraction of sp³-hybridized carbons (Fsp3) is 0.143. The van der Waals surface area contributed by atoms with Gasteiger partial charge in [0.1, 0.15) is 11.6 Å². The first-order chi connectivity index (χ1) is 10.8. The number of fused-ring (bicyclic) bond motifs is 2. The van der Waals surface area contributed by atoms with Crippen molar-refractivity contribution in [1.29, 1.82) is 0 Å². The van der Waals surface area contributed by atoms with Gasteiger partial charge in [-0.2, -0.15) is 0 Å². The molecule has 3 aromatic heterocycles. The molecule has 0 atom stereocenters. The Balaban J connectivity index is 1.48. The average Bonchev–Trinajstić information content (AvgIpc) is 3.13. The molecular formula is C14H12FN7. The molecule has 0 spiro atoms. The predicted molar refractivity (Wildman–Crippen MR) is 79.0 cm³/mol. The highest BCUT2D eigenvalue weighted by atomic mass is 19.1. The van der Waals surface area contributed by atoms with Gasteiger partial charge in [-0.3, -0.25) is 0 Å². The Hall–Kier alpha value is -3.03. The second-order valence-electron chi connectivity index (χ2n) is 4.93. The minimum Gasteiger partial charge on any atom is -0.368 e. The van der Waals surface area contributed by atoms with Crippen LogP contribution in [0.2, 0.25) is 0 Å². The van der Waals surface area contributed by atoms with Crippen molar-refractivity contribution in [3.8, 4) is 0 Å². The molecule has 0 amide bonds. The summed E-state index contributed by atoms with van der Waals surface area (Å²) in [5.74, 6) is 0.456. The van der Waals surface area contributed by atoms with Crippen LogP contribution >= 0.6 is 0 Å². The summed E-state index contributed by atoms with van der Waals surface area (Å²) in [6, 6.07) is 8.35. The standard InChI is InChI=1S/C14H12FN7/c15-10-1-2-12-11(7-10)9(8-17-12)5-6-16-13-3-4-14-18-20-21-22(14)19-13/h1-4,7-8,17H,5-6H2,(H,16,19). The number of aromatic nitrogens is 6. The van der Waals surface area contributed by atoms with Gasteiger partial charge in [0.2, 0.25) is 0 Å². The van der Waals surface area contributed by atoms with E-state index < -0.39 is 0 Å². The highest BCUT2D eigenvalue weighted by Gasteiger charge is 2.05. The van der Waals surface area contributed by atoms with Gasteiger partial charge < -0.3 is 10.3 Å². The maximum atomic E-state index is 13.3. The lowest BCUT2D eigenvalue weighted by atomic mass is 10.1. The first-order valence-corrected chi connectivity index (χ1v) is 6.84. The molecule has 3 heterocycles. The van der Waals surface area contributed by atoms with Gasteiger partial charge in [-0.1, -0.05) is 0 Å². The number of H-pyrrole nitrogens is 1. The molecule has 0 bridgehead atoms. The number of hydrogen-bond donors (Lipinski definition) is 2. The first-order valence-electron chi connectivity index (χ1n) is 6.84. The van der Waals surface area contributed by atoms with Crippen molar-refractivity contribution in [2.75, 3.05) is 11.9 Å². The summed E-state index contributed by atoms with van der Waals surface area (Å²) in [5, 5.41) is 19.4. The van der Waals surface area contributed by atoms with Crippen molar-refractivity contribution < 1.29 is 4.39 Å². The number of halogens is 1. The van der Waals surface area contributed by atoms with E-state index in [0.717, 1.165) is 22.9 Å². The highest BCUT2D eigenvalue weighted by Crippen LogP contribution is 2.19. The Morgan fingerprint density at radius 2 is 2.18 bits per heavy atom. The zero-order valence-corrected chi connectivity index (χ0v) is 11.5. The Kier molecular flexibility index (Phi) is 2.92. The molecule has 7 nitrogen and oxygen atoms in total. The summed E-state index contributed by atoms with van der Waals surface area (Å²) in [6.07, 6.45) is 2.66. The van der Waals surface area contributed by atoms with E-state index in [1.807, 2.05) is 12.3 Å². The zero-order valence-electron chi connectivity index (χ0n) is 11.5. The summed E-state index contributed by atoms with van der Waals surface area (Å²) in [4.78, 5) is 3.14. The van der Waals surface area contributed by atoms with E-state index in [2.05, 4.69) is 30.9 Å². The molecule has 4 rings (SSSR count). The zero-order chi connectivity index (χ0) is 14.9. The molecule has 1 aromatic carbocycles. The molecule has 22 heavy (non-hydrogen) atoms. The molecule has 110 valence electrons. The van der Waals surface area contributed by atoms with Crippen molar-refractivity contribution >= 4 is 22.4 Å². The molecular weight excluding hydrogens is 285 g/mol. The Labute approximate surface area is 124 Å². The lowest BCUT2D eigenvalue weighted by Crippen LogP contribution is -2.08. The second-order valence-corrected chi connectivity index (χ2v) is 4.93. The maximum Gasteiger partial charge on any atom is 0.200 e. The van der Waals surface area contributed by atoms with E-state index in [4.69, 9.17) is 0 Å². The number of nitrogens with zero attached hydrogens (tertiary/aromatic N) is 5. The minimum absolute atomic E-state index is 0.230. The molecule has 4 aromatic rings. The number of nitrogens with one attached hydrogen (secondary N) is 2. The summed E-state index contributed by atoms with van der Waals surface area (Å²) in [7, 11) is 0. The summed E-state index contributed by atoms with van der Waals surface area (Å²) < 4.78 is 14.7. The molecule has 0 saturated heterocycles. The van der Waals surface area contributed by atoms with Crippen LogP contribution in [0.3, 0.4) is 0 Å². The molecule has 0 radical (unpaired) electrons. The number of benzene rings is 1. The number of hydrogen-bond acceptors (Lipinski definition) is 5. The third-order valence-corrected chi connectivity index (χ3v) is 3.50. The number of aromatic amines is 1. The SMILES string of the molecule is Fc1ccc2[nH]cc(CCNc3ccc4nnnn4n3)c2c1. The van der Waals surface area contributed by atoms with Gasteiger partial charge in [-0.05, 0) is 52.7 Å². The third kappa shape index (κ3) is 2.24. The average molecular weight is 297 g/mol. The van der Waals surface area contributed by atoms with Crippen LogP contribution in [0.1, 0.15) is 5.56 Å². The quantitative estimate of drug-likeness (QED) is 0.600. The van der Waals surface area contributed by atoms with Crippen LogP contribution in [-0.2, 0) is 6.42 Å². The molecule has 0 aliphatic carbocycles. The van der Waals surface area contributed by atoms with Crippen molar-refractivity contribution in [2.24, 2.45) is 0 Å². The predicted octanol–water partition coefficient (Wildman–Crippen LogP) is 1.79. The topological polar surface area (TPSA) is 83.8 Å². The van der Waals surface area contributed by atoms with Gasteiger partial charge >= 0.3 is 0 Å². The summed E-state index contributed by atoms with van der Waals surface area (Å²) in [6.45, 7) is 0.671. The third-order valence-electron chi connectivity index (χ3n) is 3.50. The van der Waals surface area contributed by atoms with E-state index in [9.17, 15) is 4.39 Å². The van der Waals surface area contributed by atoms with Gasteiger partial charge in [-0.25, -0.2) is 4.39 Å².